The Balaban J connectivity index is 0.000000185. The third-order valence-corrected chi connectivity index (χ3v) is 12.2. The average molecular weight is 889 g/mol. The Morgan fingerprint density at radius 2 is 1.25 bits per heavy atom. The molecule has 3 heterocycles. The second kappa shape index (κ2) is 18.5. The Labute approximate surface area is 357 Å². The number of halogens is 2. The van der Waals surface area contributed by atoms with E-state index in [4.69, 9.17) is 26.6 Å². The van der Waals surface area contributed by atoms with E-state index in [0.717, 1.165) is 32.1 Å². The number of aromatic nitrogens is 4. The molecule has 2 fully saturated rings. The lowest BCUT2D eigenvalue weighted by molar-refractivity contribution is -0.116. The van der Waals surface area contributed by atoms with Crippen LogP contribution < -0.4 is 20.9 Å². The molecule has 6 N–H and O–H groups in total. The second-order valence-corrected chi connectivity index (χ2v) is 18.1. The maximum absolute atomic E-state index is 13.7. The zero-order valence-electron chi connectivity index (χ0n) is 32.6. The highest BCUT2D eigenvalue weighted by Crippen LogP contribution is 2.37. The lowest BCUT2D eigenvalue weighted by Crippen LogP contribution is -2.18. The van der Waals surface area contributed by atoms with Crippen molar-refractivity contribution in [3.63, 3.8) is 0 Å². The molecule has 1 atom stereocenters. The number of hydrogen-bond donors (Lipinski definition) is 4. The number of amides is 2. The molecule has 6 aromatic rings. The van der Waals surface area contributed by atoms with Crippen LogP contribution in [0.1, 0.15) is 55.5 Å². The van der Waals surface area contributed by atoms with E-state index in [9.17, 15) is 30.8 Å². The van der Waals surface area contributed by atoms with Gasteiger partial charge in [0.25, 0.3) is 0 Å². The molecule has 1 saturated heterocycles. The van der Waals surface area contributed by atoms with Crippen LogP contribution in [-0.2, 0) is 47.2 Å². The first kappa shape index (κ1) is 43.3. The minimum Gasteiger partial charge on any atom is -0.357 e. The molecule has 2 amide bonds. The van der Waals surface area contributed by atoms with Crippen LogP contribution in [0.5, 0.6) is 0 Å². The monoisotopic (exact) mass is 888 g/mol. The van der Waals surface area contributed by atoms with Gasteiger partial charge in [-0.3, -0.25) is 14.3 Å². The summed E-state index contributed by atoms with van der Waals surface area (Å²) in [6, 6.07) is 22.4. The van der Waals surface area contributed by atoms with Crippen molar-refractivity contribution >= 4 is 54.8 Å². The summed E-state index contributed by atoms with van der Waals surface area (Å²) in [4.78, 5) is 24.5. The highest BCUT2D eigenvalue weighted by molar-refractivity contribution is 7.89. The summed E-state index contributed by atoms with van der Waals surface area (Å²) in [6.07, 6.45) is 11.4. The van der Waals surface area contributed by atoms with Crippen LogP contribution >= 0.6 is 11.6 Å². The molecule has 2 aromatic heterocycles. The first-order valence-electron chi connectivity index (χ1n) is 19.2. The minimum atomic E-state index is -4.06. The molecule has 61 heavy (non-hydrogen) atoms. The number of benzene rings is 4. The Bertz CT molecular complexity index is 2800. The minimum absolute atomic E-state index is 0.0558. The largest absolute Gasteiger partial charge is 0.357 e. The third kappa shape index (κ3) is 11.1. The van der Waals surface area contributed by atoms with Gasteiger partial charge in [-0.2, -0.15) is 10.2 Å². The first-order chi connectivity index (χ1) is 29.1. The Kier molecular flexibility index (Phi) is 13.1. The molecular formula is C42H42ClFN8O7S2. The van der Waals surface area contributed by atoms with Crippen molar-refractivity contribution in [2.45, 2.75) is 67.0 Å². The molecule has 318 valence electrons. The van der Waals surface area contributed by atoms with E-state index in [1.54, 1.807) is 90.1 Å². The van der Waals surface area contributed by atoms with E-state index < -0.39 is 31.8 Å². The van der Waals surface area contributed by atoms with E-state index in [-0.39, 0.29) is 46.0 Å². The maximum atomic E-state index is 13.7. The van der Waals surface area contributed by atoms with Gasteiger partial charge in [-0.15, -0.1) is 0 Å². The van der Waals surface area contributed by atoms with Crippen LogP contribution in [0, 0.1) is 5.82 Å². The van der Waals surface area contributed by atoms with Gasteiger partial charge in [0.15, 0.2) is 0 Å². The van der Waals surface area contributed by atoms with Crippen molar-refractivity contribution in [3.05, 3.63) is 132 Å². The predicted molar refractivity (Wildman–Crippen MR) is 228 cm³/mol. The van der Waals surface area contributed by atoms with E-state index >= 15 is 0 Å². The summed E-state index contributed by atoms with van der Waals surface area (Å²) in [7, 11) is -8.11. The number of carbonyl (C=O) groups excluding carboxylic acids is 2. The summed E-state index contributed by atoms with van der Waals surface area (Å²) in [5.74, 6) is -1.27. The van der Waals surface area contributed by atoms with Crippen LogP contribution in [0.4, 0.5) is 15.8 Å². The van der Waals surface area contributed by atoms with E-state index in [0.29, 0.717) is 51.2 Å². The fourth-order valence-electron chi connectivity index (χ4n) is 6.77. The number of nitrogens with one attached hydrogen (secondary N) is 2. The molecular weight excluding hydrogens is 847 g/mol. The highest BCUT2D eigenvalue weighted by atomic mass is 35.5. The molecule has 0 bridgehead atoms. The quantitative estimate of drug-likeness (QED) is 0.104. The number of nitrogens with zero attached hydrogens (tertiary/aromatic N) is 4. The molecule has 0 radical (unpaired) electrons. The van der Waals surface area contributed by atoms with Crippen LogP contribution in [0.25, 0.3) is 22.3 Å². The number of nitrogens with two attached hydrogens (primary N) is 2. The van der Waals surface area contributed by atoms with Gasteiger partial charge in [0, 0.05) is 57.7 Å². The van der Waals surface area contributed by atoms with Crippen LogP contribution in [0.2, 0.25) is 5.02 Å². The molecule has 15 nitrogen and oxygen atoms in total. The Morgan fingerprint density at radius 1 is 0.721 bits per heavy atom. The van der Waals surface area contributed by atoms with E-state index in [1.807, 2.05) is 4.68 Å². The van der Waals surface area contributed by atoms with Crippen LogP contribution in [0.3, 0.4) is 0 Å². The second-order valence-electron chi connectivity index (χ2n) is 14.6. The number of rotatable bonds is 12. The smallest absolute Gasteiger partial charge is 0.238 e. The molecule has 8 rings (SSSR count). The van der Waals surface area contributed by atoms with Crippen molar-refractivity contribution in [2.24, 2.45) is 10.3 Å². The zero-order valence-corrected chi connectivity index (χ0v) is 35.0. The summed E-state index contributed by atoms with van der Waals surface area (Å²) in [6.45, 7) is 0.672. The van der Waals surface area contributed by atoms with Crippen molar-refractivity contribution in [2.75, 3.05) is 17.2 Å². The lowest BCUT2D eigenvalue weighted by Gasteiger charge is -2.22. The number of primary sulfonamides is 2. The molecule has 2 aliphatic rings. The molecule has 19 heteroatoms. The van der Waals surface area contributed by atoms with E-state index in [2.05, 4.69) is 20.8 Å². The van der Waals surface area contributed by atoms with Gasteiger partial charge < -0.3 is 15.4 Å². The Hall–Kier alpha value is -5.76. The predicted octanol–water partition coefficient (Wildman–Crippen LogP) is 6.58. The van der Waals surface area contributed by atoms with Crippen molar-refractivity contribution in [3.8, 4) is 22.3 Å². The fourth-order valence-corrected chi connectivity index (χ4v) is 8.54. The number of carbonyl (C=O) groups is 2. The van der Waals surface area contributed by atoms with Crippen LogP contribution in [-0.4, -0.2) is 54.8 Å². The van der Waals surface area contributed by atoms with Gasteiger partial charge in [-0.1, -0.05) is 60.1 Å². The van der Waals surface area contributed by atoms with Gasteiger partial charge >= 0.3 is 0 Å². The number of sulfonamides is 2. The molecule has 1 unspecified atom stereocenters. The summed E-state index contributed by atoms with van der Waals surface area (Å²) >= 11 is 6.11. The summed E-state index contributed by atoms with van der Waals surface area (Å²) < 4.78 is 71.9. The van der Waals surface area contributed by atoms with Gasteiger partial charge in [-0.25, -0.2) is 36.2 Å². The SMILES string of the molecule is NS(=O)(=O)c1cc(NC(=O)Cc2ccccc2Cl)ccc1-c1cnn(C2CCCCO2)c1.NS(=O)(=O)c1cc(NC(=O)Cc2ccccc2F)ccc1-c1cnn(C2CC2)c1. The van der Waals surface area contributed by atoms with Crippen molar-refractivity contribution < 1.29 is 35.6 Å². The molecule has 1 saturated carbocycles. The third-order valence-electron chi connectivity index (χ3n) is 9.96. The van der Waals surface area contributed by atoms with Gasteiger partial charge in [0.05, 0.1) is 41.1 Å². The first-order valence-corrected chi connectivity index (χ1v) is 22.7. The number of hydrogen-bond acceptors (Lipinski definition) is 9. The van der Waals surface area contributed by atoms with Gasteiger partial charge in [0.2, 0.25) is 31.9 Å². The average Bonchev–Trinajstić information content (AvgIpc) is 3.74. The Morgan fingerprint density at radius 3 is 1.77 bits per heavy atom. The lowest BCUT2D eigenvalue weighted by atomic mass is 10.1. The van der Waals surface area contributed by atoms with Crippen LogP contribution in [0.15, 0.2) is 120 Å². The van der Waals surface area contributed by atoms with Crippen molar-refractivity contribution in [1.29, 1.82) is 0 Å². The normalized spacial score (nSPS) is 15.4. The number of anilines is 2. The molecule has 4 aromatic carbocycles. The van der Waals surface area contributed by atoms with E-state index in [1.165, 1.54) is 24.3 Å². The maximum Gasteiger partial charge on any atom is 0.238 e. The van der Waals surface area contributed by atoms with Gasteiger partial charge in [0.1, 0.15) is 12.0 Å². The fraction of sp³-hybridized carbons (Fsp3) is 0.238. The molecule has 1 aliphatic carbocycles. The summed E-state index contributed by atoms with van der Waals surface area (Å²) in [5.41, 5.74) is 3.53. The number of ether oxygens (including phenoxy) is 1. The molecule has 0 spiro atoms. The van der Waals surface area contributed by atoms with Gasteiger partial charge in [-0.05, 0) is 79.6 Å². The van der Waals surface area contributed by atoms with Crippen molar-refractivity contribution in [1.82, 2.24) is 19.6 Å². The highest BCUT2D eigenvalue weighted by Gasteiger charge is 2.26. The molecule has 1 aliphatic heterocycles. The standard InChI is InChI=1S/C22H23ClN4O4S.C20H19FN4O3S/c23-19-6-2-1-5-15(19)11-21(28)26-17-8-9-18(20(12-17)32(24,29)30)16-13-25-27(14-16)22-7-3-4-10-31-22;21-18-4-2-1-3-13(18)9-20(26)24-15-5-8-17(19(10-15)29(22,27)28)14-11-23-25(12-14)16-6-7-16/h1-2,5-6,8-9,12-14,22H,3-4,7,10-11H2,(H,26,28)(H2,24,29,30);1-5,8,10-12,16H,6-7,9H2,(H,24,26)(H2,22,27,28). The zero-order chi connectivity index (χ0) is 43.3. The topological polar surface area (TPSA) is 223 Å². The summed E-state index contributed by atoms with van der Waals surface area (Å²) in [5, 5.41) is 25.3.